The van der Waals surface area contributed by atoms with Crippen LogP contribution < -0.4 is 16.0 Å². The third kappa shape index (κ3) is 5.20. The fourth-order valence-corrected chi connectivity index (χ4v) is 2.61. The van der Waals surface area contributed by atoms with Crippen LogP contribution in [0.25, 0.3) is 0 Å². The van der Waals surface area contributed by atoms with Crippen LogP contribution in [0.3, 0.4) is 0 Å². The zero-order valence-electron chi connectivity index (χ0n) is 13.5. The monoisotopic (exact) mass is 341 g/mol. The standard InChI is InChI=1S/C16H23N3O3.ClH/c1-12(20)19-14-5-3-13(4-6-14)11-18-15(21)16(22-2)7-9-17-10-8-16;/h3-6,17H,7-11H2,1-2H3,(H,18,21)(H,19,20);1H. The van der Waals surface area contributed by atoms with Crippen molar-refractivity contribution in [2.24, 2.45) is 0 Å². The molecule has 0 aliphatic carbocycles. The van der Waals surface area contributed by atoms with Gasteiger partial charge in [-0.2, -0.15) is 0 Å². The first-order chi connectivity index (χ1) is 10.6. The molecule has 128 valence electrons. The predicted octanol–water partition coefficient (Wildman–Crippen LogP) is 1.45. The highest BCUT2D eigenvalue weighted by Crippen LogP contribution is 2.22. The number of piperidine rings is 1. The minimum Gasteiger partial charge on any atom is -0.368 e. The van der Waals surface area contributed by atoms with E-state index in [1.807, 2.05) is 24.3 Å². The summed E-state index contributed by atoms with van der Waals surface area (Å²) in [6.45, 7) is 3.48. The summed E-state index contributed by atoms with van der Waals surface area (Å²) >= 11 is 0. The maximum absolute atomic E-state index is 12.4. The lowest BCUT2D eigenvalue weighted by molar-refractivity contribution is -0.146. The highest BCUT2D eigenvalue weighted by atomic mass is 35.5. The van der Waals surface area contributed by atoms with Gasteiger partial charge in [-0.3, -0.25) is 9.59 Å². The minimum atomic E-state index is -0.721. The average Bonchev–Trinajstić information content (AvgIpc) is 2.54. The highest BCUT2D eigenvalue weighted by molar-refractivity contribution is 5.88. The summed E-state index contributed by atoms with van der Waals surface area (Å²) in [5.41, 5.74) is 0.999. The maximum Gasteiger partial charge on any atom is 0.252 e. The van der Waals surface area contributed by atoms with Gasteiger partial charge in [-0.25, -0.2) is 0 Å². The van der Waals surface area contributed by atoms with E-state index in [4.69, 9.17) is 4.74 Å². The zero-order valence-corrected chi connectivity index (χ0v) is 14.3. The van der Waals surface area contributed by atoms with E-state index < -0.39 is 5.60 Å². The molecule has 6 nitrogen and oxygen atoms in total. The second-order valence-corrected chi connectivity index (χ2v) is 5.51. The lowest BCUT2D eigenvalue weighted by atomic mass is 9.91. The first-order valence-electron chi connectivity index (χ1n) is 7.46. The van der Waals surface area contributed by atoms with Crippen molar-refractivity contribution >= 4 is 29.9 Å². The number of hydrogen-bond donors (Lipinski definition) is 3. The van der Waals surface area contributed by atoms with Crippen molar-refractivity contribution in [1.82, 2.24) is 10.6 Å². The topological polar surface area (TPSA) is 79.5 Å². The van der Waals surface area contributed by atoms with Crippen molar-refractivity contribution in [3.05, 3.63) is 29.8 Å². The van der Waals surface area contributed by atoms with Crippen LogP contribution >= 0.6 is 12.4 Å². The van der Waals surface area contributed by atoms with Crippen molar-refractivity contribution in [1.29, 1.82) is 0 Å². The van der Waals surface area contributed by atoms with Crippen LogP contribution in [0.5, 0.6) is 0 Å². The molecular formula is C16H24ClN3O3. The molecule has 0 radical (unpaired) electrons. The first-order valence-corrected chi connectivity index (χ1v) is 7.46. The second kappa shape index (κ2) is 8.86. The number of nitrogens with one attached hydrogen (secondary N) is 3. The van der Waals surface area contributed by atoms with Gasteiger partial charge in [-0.1, -0.05) is 12.1 Å². The Hall–Kier alpha value is -1.63. The van der Waals surface area contributed by atoms with Gasteiger partial charge >= 0.3 is 0 Å². The van der Waals surface area contributed by atoms with E-state index in [9.17, 15) is 9.59 Å². The number of carbonyl (C=O) groups is 2. The van der Waals surface area contributed by atoms with Gasteiger partial charge in [-0.05, 0) is 43.6 Å². The second-order valence-electron chi connectivity index (χ2n) is 5.51. The van der Waals surface area contributed by atoms with Crippen LogP contribution in [0.4, 0.5) is 5.69 Å². The molecule has 2 amide bonds. The smallest absolute Gasteiger partial charge is 0.252 e. The minimum absolute atomic E-state index is 0. The van der Waals surface area contributed by atoms with Gasteiger partial charge in [0.1, 0.15) is 5.60 Å². The summed E-state index contributed by atoms with van der Waals surface area (Å²) in [7, 11) is 1.59. The number of halogens is 1. The number of ether oxygens (including phenoxy) is 1. The Kier molecular flexibility index (Phi) is 7.48. The molecule has 1 heterocycles. The van der Waals surface area contributed by atoms with Gasteiger partial charge in [0.05, 0.1) is 0 Å². The van der Waals surface area contributed by atoms with E-state index in [1.165, 1.54) is 6.92 Å². The first kappa shape index (κ1) is 19.4. The largest absolute Gasteiger partial charge is 0.368 e. The molecule has 0 spiro atoms. The molecule has 3 N–H and O–H groups in total. The number of amides is 2. The van der Waals surface area contributed by atoms with Crippen molar-refractivity contribution in [3.8, 4) is 0 Å². The summed E-state index contributed by atoms with van der Waals surface area (Å²) in [4.78, 5) is 23.4. The van der Waals surface area contributed by atoms with Gasteiger partial charge in [0.2, 0.25) is 5.91 Å². The summed E-state index contributed by atoms with van der Waals surface area (Å²) in [6, 6.07) is 7.40. The zero-order chi connectivity index (χ0) is 16.0. The Morgan fingerprint density at radius 1 is 1.22 bits per heavy atom. The van der Waals surface area contributed by atoms with Crippen LogP contribution in [0.15, 0.2) is 24.3 Å². The molecule has 0 atom stereocenters. The van der Waals surface area contributed by atoms with E-state index in [2.05, 4.69) is 16.0 Å². The lowest BCUT2D eigenvalue weighted by Gasteiger charge is -2.34. The van der Waals surface area contributed by atoms with Crippen LogP contribution in [-0.4, -0.2) is 37.6 Å². The molecule has 0 aromatic heterocycles. The van der Waals surface area contributed by atoms with E-state index in [1.54, 1.807) is 7.11 Å². The molecule has 7 heteroatoms. The number of anilines is 1. The lowest BCUT2D eigenvalue weighted by Crippen LogP contribution is -2.53. The Morgan fingerprint density at radius 3 is 2.35 bits per heavy atom. The van der Waals surface area contributed by atoms with Crippen LogP contribution in [-0.2, 0) is 20.9 Å². The quantitative estimate of drug-likeness (QED) is 0.757. The number of benzene rings is 1. The van der Waals surface area contributed by atoms with E-state index in [-0.39, 0.29) is 24.2 Å². The maximum atomic E-state index is 12.4. The van der Waals surface area contributed by atoms with Gasteiger partial charge < -0.3 is 20.7 Å². The van der Waals surface area contributed by atoms with Crippen molar-refractivity contribution in [3.63, 3.8) is 0 Å². The molecule has 0 saturated carbocycles. The number of rotatable bonds is 5. The SMILES string of the molecule is COC1(C(=O)NCc2ccc(NC(C)=O)cc2)CCNCC1.Cl. The Labute approximate surface area is 142 Å². The molecule has 1 aliphatic heterocycles. The molecule has 1 aromatic rings. The van der Waals surface area contributed by atoms with E-state index >= 15 is 0 Å². The normalized spacial score (nSPS) is 16.1. The summed E-state index contributed by atoms with van der Waals surface area (Å²) in [5.74, 6) is -0.170. The van der Waals surface area contributed by atoms with E-state index in [0.717, 1.165) is 24.3 Å². The van der Waals surface area contributed by atoms with Crippen LogP contribution in [0, 0.1) is 0 Å². The van der Waals surface area contributed by atoms with Crippen molar-refractivity contribution in [2.75, 3.05) is 25.5 Å². The molecule has 1 aromatic carbocycles. The van der Waals surface area contributed by atoms with Gasteiger partial charge in [0, 0.05) is 26.3 Å². The van der Waals surface area contributed by atoms with Gasteiger partial charge in [0.25, 0.3) is 5.91 Å². The highest BCUT2D eigenvalue weighted by Gasteiger charge is 2.39. The Balaban J connectivity index is 0.00000264. The van der Waals surface area contributed by atoms with Crippen LogP contribution in [0.1, 0.15) is 25.3 Å². The van der Waals surface area contributed by atoms with Gasteiger partial charge in [-0.15, -0.1) is 12.4 Å². The number of carbonyl (C=O) groups excluding carboxylic acids is 2. The number of methoxy groups -OCH3 is 1. The van der Waals surface area contributed by atoms with Crippen molar-refractivity contribution < 1.29 is 14.3 Å². The third-order valence-corrected chi connectivity index (χ3v) is 3.94. The summed E-state index contributed by atoms with van der Waals surface area (Å²) in [6.07, 6.45) is 1.35. The predicted molar refractivity (Wildman–Crippen MR) is 91.7 cm³/mol. The van der Waals surface area contributed by atoms with Gasteiger partial charge in [0.15, 0.2) is 0 Å². The fraction of sp³-hybridized carbons (Fsp3) is 0.500. The molecule has 0 bridgehead atoms. The molecular weight excluding hydrogens is 318 g/mol. The molecule has 23 heavy (non-hydrogen) atoms. The summed E-state index contributed by atoms with van der Waals surface area (Å²) < 4.78 is 5.49. The van der Waals surface area contributed by atoms with E-state index in [0.29, 0.717) is 19.4 Å². The molecule has 1 saturated heterocycles. The Bertz CT molecular complexity index is 528. The third-order valence-electron chi connectivity index (χ3n) is 3.94. The Morgan fingerprint density at radius 2 is 1.83 bits per heavy atom. The molecule has 1 fully saturated rings. The summed E-state index contributed by atoms with van der Waals surface area (Å²) in [5, 5.41) is 8.88. The van der Waals surface area contributed by atoms with Crippen LogP contribution in [0.2, 0.25) is 0 Å². The fourth-order valence-electron chi connectivity index (χ4n) is 2.61. The average molecular weight is 342 g/mol. The molecule has 0 unspecified atom stereocenters. The molecule has 1 aliphatic rings. The number of hydrogen-bond acceptors (Lipinski definition) is 4. The molecule has 2 rings (SSSR count). The van der Waals surface area contributed by atoms with Crippen molar-refractivity contribution in [2.45, 2.75) is 31.9 Å².